The number of nitrogens with zero attached hydrogens (tertiary/aromatic N) is 3. The van der Waals surface area contributed by atoms with Crippen LogP contribution in [0.15, 0.2) is 18.2 Å². The van der Waals surface area contributed by atoms with Gasteiger partial charge in [0.25, 0.3) is 10.2 Å². The zero-order valence-corrected chi connectivity index (χ0v) is 14.7. The predicted octanol–water partition coefficient (Wildman–Crippen LogP) is 1.27. The van der Waals surface area contributed by atoms with Crippen molar-refractivity contribution in [3.63, 3.8) is 0 Å². The van der Waals surface area contributed by atoms with Gasteiger partial charge in [0.05, 0.1) is 7.11 Å². The van der Waals surface area contributed by atoms with E-state index < -0.39 is 10.2 Å². The Kier molecular flexibility index (Phi) is 5.68. The fourth-order valence-electron chi connectivity index (χ4n) is 2.46. The Hall–Kier alpha value is -0.860. The number of piperazine rings is 1. The van der Waals surface area contributed by atoms with Gasteiger partial charge >= 0.3 is 0 Å². The summed E-state index contributed by atoms with van der Waals surface area (Å²) in [5, 5.41) is 0.671. The molecule has 2 rings (SSSR count). The Morgan fingerprint density at radius 1 is 1.23 bits per heavy atom. The largest absolute Gasteiger partial charge is 0.496 e. The van der Waals surface area contributed by atoms with Crippen LogP contribution in [0.3, 0.4) is 0 Å². The Balaban J connectivity index is 2.00. The van der Waals surface area contributed by atoms with Crippen LogP contribution in [0.5, 0.6) is 5.75 Å². The molecule has 0 aromatic heterocycles. The average Bonchev–Trinajstić information content (AvgIpc) is 2.48. The first-order chi connectivity index (χ1) is 10.3. The van der Waals surface area contributed by atoms with Crippen LogP contribution in [0.2, 0.25) is 5.02 Å². The van der Waals surface area contributed by atoms with E-state index in [0.717, 1.165) is 11.3 Å². The molecule has 0 unspecified atom stereocenters. The Morgan fingerprint density at radius 3 is 2.41 bits per heavy atom. The van der Waals surface area contributed by atoms with Crippen molar-refractivity contribution in [3.8, 4) is 5.75 Å². The van der Waals surface area contributed by atoms with Gasteiger partial charge < -0.3 is 4.74 Å². The lowest BCUT2D eigenvalue weighted by atomic mass is 10.1. The van der Waals surface area contributed by atoms with Crippen molar-refractivity contribution in [3.05, 3.63) is 28.8 Å². The predicted molar refractivity (Wildman–Crippen MR) is 87.5 cm³/mol. The zero-order valence-electron chi connectivity index (χ0n) is 13.1. The fourth-order valence-corrected chi connectivity index (χ4v) is 3.74. The van der Waals surface area contributed by atoms with E-state index in [0.29, 0.717) is 37.7 Å². The SMILES string of the molecule is COc1ccc(Cl)cc1CN1CCN(S(=O)(=O)N(C)C)CC1. The number of methoxy groups -OCH3 is 1. The summed E-state index contributed by atoms with van der Waals surface area (Å²) in [4.78, 5) is 2.20. The first kappa shape index (κ1) is 17.5. The molecule has 1 aliphatic heterocycles. The number of ether oxygens (including phenoxy) is 1. The maximum atomic E-state index is 12.1. The molecule has 0 aliphatic carbocycles. The van der Waals surface area contributed by atoms with Crippen LogP contribution < -0.4 is 4.74 Å². The van der Waals surface area contributed by atoms with Crippen LogP contribution >= 0.6 is 11.6 Å². The van der Waals surface area contributed by atoms with Crippen molar-refractivity contribution in [1.29, 1.82) is 0 Å². The summed E-state index contributed by atoms with van der Waals surface area (Å²) < 4.78 is 32.3. The summed E-state index contributed by atoms with van der Waals surface area (Å²) in [7, 11) is 1.42. The van der Waals surface area contributed by atoms with E-state index in [4.69, 9.17) is 16.3 Å². The lowest BCUT2D eigenvalue weighted by Gasteiger charge is -2.35. The number of rotatable bonds is 5. The minimum Gasteiger partial charge on any atom is -0.496 e. The lowest BCUT2D eigenvalue weighted by molar-refractivity contribution is 0.176. The van der Waals surface area contributed by atoms with Crippen molar-refractivity contribution in [2.75, 3.05) is 47.4 Å². The first-order valence-electron chi connectivity index (χ1n) is 7.07. The highest BCUT2D eigenvalue weighted by atomic mass is 35.5. The highest BCUT2D eigenvalue weighted by Gasteiger charge is 2.28. The van der Waals surface area contributed by atoms with E-state index in [1.807, 2.05) is 12.1 Å². The molecule has 8 heteroatoms. The molecule has 1 aromatic carbocycles. The number of halogens is 1. The third-order valence-corrected chi connectivity index (χ3v) is 5.93. The molecular formula is C14H22ClN3O3S. The normalized spacial score (nSPS) is 17.9. The standard InChI is InChI=1S/C14H22ClN3O3S/c1-16(2)22(19,20)18-8-6-17(7-9-18)11-12-10-13(15)4-5-14(12)21-3/h4-5,10H,6-9,11H2,1-3H3. The molecule has 0 spiro atoms. The monoisotopic (exact) mass is 347 g/mol. The quantitative estimate of drug-likeness (QED) is 0.805. The second kappa shape index (κ2) is 7.14. The second-order valence-electron chi connectivity index (χ2n) is 5.42. The first-order valence-corrected chi connectivity index (χ1v) is 8.84. The summed E-state index contributed by atoms with van der Waals surface area (Å²) in [5.74, 6) is 0.799. The van der Waals surface area contributed by atoms with Gasteiger partial charge in [0.2, 0.25) is 0 Å². The number of hydrogen-bond donors (Lipinski definition) is 0. The Labute approximate surface area is 137 Å². The molecule has 0 bridgehead atoms. The molecule has 6 nitrogen and oxygen atoms in total. The molecular weight excluding hydrogens is 326 g/mol. The molecule has 1 aliphatic rings. The molecule has 1 fully saturated rings. The van der Waals surface area contributed by atoms with Crippen LogP contribution in [-0.2, 0) is 16.8 Å². The van der Waals surface area contributed by atoms with E-state index in [2.05, 4.69) is 4.90 Å². The summed E-state index contributed by atoms with van der Waals surface area (Å²) in [6, 6.07) is 5.54. The summed E-state index contributed by atoms with van der Waals surface area (Å²) in [6.07, 6.45) is 0. The summed E-state index contributed by atoms with van der Waals surface area (Å²) >= 11 is 6.04. The second-order valence-corrected chi connectivity index (χ2v) is 8.00. The van der Waals surface area contributed by atoms with Gasteiger partial charge in [0, 0.05) is 57.4 Å². The highest BCUT2D eigenvalue weighted by molar-refractivity contribution is 7.86. The minimum atomic E-state index is -3.32. The average molecular weight is 348 g/mol. The fraction of sp³-hybridized carbons (Fsp3) is 0.571. The van der Waals surface area contributed by atoms with E-state index in [-0.39, 0.29) is 0 Å². The van der Waals surface area contributed by atoms with Crippen molar-refractivity contribution >= 4 is 21.8 Å². The van der Waals surface area contributed by atoms with Crippen LogP contribution in [0.4, 0.5) is 0 Å². The molecule has 124 valence electrons. The van der Waals surface area contributed by atoms with E-state index in [1.165, 1.54) is 8.61 Å². The zero-order chi connectivity index (χ0) is 16.3. The van der Waals surface area contributed by atoms with E-state index in [9.17, 15) is 8.42 Å². The number of hydrogen-bond acceptors (Lipinski definition) is 4. The van der Waals surface area contributed by atoms with Crippen molar-refractivity contribution in [2.45, 2.75) is 6.54 Å². The molecule has 0 saturated carbocycles. The van der Waals surface area contributed by atoms with Gasteiger partial charge in [-0.3, -0.25) is 4.90 Å². The third-order valence-electron chi connectivity index (χ3n) is 3.76. The lowest BCUT2D eigenvalue weighted by Crippen LogP contribution is -2.51. The Bertz CT molecular complexity index is 614. The Morgan fingerprint density at radius 2 is 1.86 bits per heavy atom. The van der Waals surface area contributed by atoms with Gasteiger partial charge in [-0.2, -0.15) is 17.0 Å². The summed E-state index contributed by atoms with van der Waals surface area (Å²) in [5.41, 5.74) is 1.01. The molecule has 0 N–H and O–H groups in total. The smallest absolute Gasteiger partial charge is 0.281 e. The van der Waals surface area contributed by atoms with Crippen molar-refractivity contribution in [2.24, 2.45) is 0 Å². The molecule has 22 heavy (non-hydrogen) atoms. The molecule has 0 radical (unpaired) electrons. The van der Waals surface area contributed by atoms with Gasteiger partial charge in [0.1, 0.15) is 5.75 Å². The van der Waals surface area contributed by atoms with Crippen LogP contribution in [0.25, 0.3) is 0 Å². The molecule has 1 heterocycles. The molecule has 1 saturated heterocycles. The third kappa shape index (κ3) is 3.91. The van der Waals surface area contributed by atoms with Crippen molar-refractivity contribution < 1.29 is 13.2 Å². The van der Waals surface area contributed by atoms with Gasteiger partial charge in [0.15, 0.2) is 0 Å². The van der Waals surface area contributed by atoms with Crippen LogP contribution in [0.1, 0.15) is 5.56 Å². The van der Waals surface area contributed by atoms with Gasteiger partial charge in [-0.25, -0.2) is 0 Å². The van der Waals surface area contributed by atoms with Gasteiger partial charge in [-0.1, -0.05) is 11.6 Å². The van der Waals surface area contributed by atoms with Gasteiger partial charge in [-0.15, -0.1) is 0 Å². The van der Waals surface area contributed by atoms with Crippen LogP contribution in [0, 0.1) is 0 Å². The molecule has 0 atom stereocenters. The highest BCUT2D eigenvalue weighted by Crippen LogP contribution is 2.24. The molecule has 0 amide bonds. The van der Waals surface area contributed by atoms with Crippen LogP contribution in [-0.4, -0.2) is 69.3 Å². The number of benzene rings is 1. The maximum absolute atomic E-state index is 12.1. The maximum Gasteiger partial charge on any atom is 0.281 e. The molecule has 1 aromatic rings. The van der Waals surface area contributed by atoms with E-state index >= 15 is 0 Å². The summed E-state index contributed by atoms with van der Waals surface area (Å²) in [6.45, 7) is 3.04. The topological polar surface area (TPSA) is 53.1 Å². The van der Waals surface area contributed by atoms with E-state index in [1.54, 1.807) is 27.3 Å². The minimum absolute atomic E-state index is 0.489. The van der Waals surface area contributed by atoms with Crippen molar-refractivity contribution in [1.82, 2.24) is 13.5 Å². The van der Waals surface area contributed by atoms with Gasteiger partial charge in [-0.05, 0) is 18.2 Å².